The topological polar surface area (TPSA) is 146 Å². The summed E-state index contributed by atoms with van der Waals surface area (Å²) >= 11 is 0. The SMILES string of the molecule is C[C@@]1(NCCCc2ccccc2)COCCCCOC[C@@H](C(=O)O)NC(=O)[C@@H]2CCCN2C(=O)CNC1=O.Cl. The number of nitrogens with zero attached hydrogens (tertiary/aromatic N) is 1. The van der Waals surface area contributed by atoms with Crippen LogP contribution in [0.1, 0.15) is 44.6 Å². The van der Waals surface area contributed by atoms with Gasteiger partial charge in [0.05, 0.1) is 19.8 Å². The molecule has 0 saturated carbocycles. The minimum atomic E-state index is -1.21. The largest absolute Gasteiger partial charge is 0.480 e. The van der Waals surface area contributed by atoms with Gasteiger partial charge in [0, 0.05) is 19.8 Å². The molecule has 0 radical (unpaired) electrons. The first-order valence-electron chi connectivity index (χ1n) is 13.4. The summed E-state index contributed by atoms with van der Waals surface area (Å²) in [7, 11) is 0. The van der Waals surface area contributed by atoms with Crippen LogP contribution < -0.4 is 16.0 Å². The fourth-order valence-electron chi connectivity index (χ4n) is 4.62. The minimum absolute atomic E-state index is 0. The monoisotopic (exact) mass is 568 g/mol. The number of rotatable bonds is 6. The van der Waals surface area contributed by atoms with Crippen LogP contribution in [0.2, 0.25) is 0 Å². The Balaban J connectivity index is 0.00000533. The van der Waals surface area contributed by atoms with E-state index in [9.17, 15) is 24.3 Å². The maximum Gasteiger partial charge on any atom is 0.328 e. The summed E-state index contributed by atoms with van der Waals surface area (Å²) < 4.78 is 11.3. The quantitative estimate of drug-likeness (QED) is 0.370. The smallest absolute Gasteiger partial charge is 0.328 e. The molecule has 2 aliphatic heterocycles. The number of carbonyl (C=O) groups is 4. The van der Waals surface area contributed by atoms with E-state index in [2.05, 4.69) is 28.1 Å². The summed E-state index contributed by atoms with van der Waals surface area (Å²) in [5.41, 5.74) is 0.173. The van der Waals surface area contributed by atoms with Crippen molar-refractivity contribution in [3.8, 4) is 0 Å². The maximum atomic E-state index is 13.2. The number of amides is 3. The summed E-state index contributed by atoms with van der Waals surface area (Å²) in [6.45, 7) is 3.10. The molecule has 2 fully saturated rings. The highest BCUT2D eigenvalue weighted by Gasteiger charge is 2.37. The Kier molecular flexibility index (Phi) is 13.7. The Labute approximate surface area is 235 Å². The van der Waals surface area contributed by atoms with Crippen LogP contribution in [0.25, 0.3) is 0 Å². The number of aryl methyl sites for hydroxylation is 1. The maximum absolute atomic E-state index is 13.2. The number of carboxylic acids is 1. The van der Waals surface area contributed by atoms with Crippen molar-refractivity contribution in [2.75, 3.05) is 46.1 Å². The van der Waals surface area contributed by atoms with Gasteiger partial charge < -0.3 is 35.4 Å². The third-order valence-corrected chi connectivity index (χ3v) is 6.89. The van der Waals surface area contributed by atoms with E-state index >= 15 is 0 Å². The Hall–Kier alpha value is -2.73. The molecule has 4 N–H and O–H groups in total. The van der Waals surface area contributed by atoms with Crippen molar-refractivity contribution in [1.82, 2.24) is 20.9 Å². The van der Waals surface area contributed by atoms with Gasteiger partial charge in [-0.25, -0.2) is 4.79 Å². The van der Waals surface area contributed by atoms with Gasteiger partial charge >= 0.3 is 5.97 Å². The van der Waals surface area contributed by atoms with Crippen LogP contribution in [-0.4, -0.2) is 97.4 Å². The molecule has 0 bridgehead atoms. The summed E-state index contributed by atoms with van der Waals surface area (Å²) in [6, 6.07) is 8.11. The molecule has 2 heterocycles. The van der Waals surface area contributed by atoms with Gasteiger partial charge in [0.25, 0.3) is 0 Å². The molecule has 2 aliphatic rings. The highest BCUT2D eigenvalue weighted by molar-refractivity contribution is 5.93. The van der Waals surface area contributed by atoms with E-state index in [4.69, 9.17) is 9.47 Å². The lowest BCUT2D eigenvalue weighted by Gasteiger charge is -2.30. The van der Waals surface area contributed by atoms with Gasteiger partial charge in [-0.15, -0.1) is 12.4 Å². The lowest BCUT2D eigenvalue weighted by Crippen LogP contribution is -2.60. The first-order chi connectivity index (χ1) is 18.3. The standard InChI is InChI=1S/C27H40N4O7.ClH/c1-27(29-13-7-11-20-9-3-2-4-10-20)19-38-16-6-5-15-37-18-21(25(34)35)30-24(33)22-12-8-14-31(22)23(32)17-28-26(27)36;/h2-4,9-10,21-22,29H,5-8,11-19H2,1H3,(H,28,36)(H,30,33)(H,34,35);1H/t21-,22-,27+;/m0./s1. The average molecular weight is 569 g/mol. The highest BCUT2D eigenvalue weighted by Crippen LogP contribution is 2.18. The fraction of sp³-hybridized carbons (Fsp3) is 0.630. The number of hydrogen-bond acceptors (Lipinski definition) is 7. The molecule has 3 atom stereocenters. The zero-order valence-electron chi connectivity index (χ0n) is 22.5. The Morgan fingerprint density at radius 2 is 1.85 bits per heavy atom. The molecular weight excluding hydrogens is 528 g/mol. The number of fused-ring (bicyclic) bond motifs is 1. The van der Waals surface area contributed by atoms with E-state index in [1.54, 1.807) is 6.92 Å². The second kappa shape index (κ2) is 16.4. The Morgan fingerprint density at radius 3 is 2.56 bits per heavy atom. The van der Waals surface area contributed by atoms with Crippen LogP contribution in [0.5, 0.6) is 0 Å². The lowest BCUT2D eigenvalue weighted by molar-refractivity contribution is -0.145. The third-order valence-electron chi connectivity index (χ3n) is 6.89. The molecule has 2 saturated heterocycles. The van der Waals surface area contributed by atoms with E-state index in [0.717, 1.165) is 12.8 Å². The van der Waals surface area contributed by atoms with E-state index in [1.807, 2.05) is 18.2 Å². The molecule has 3 rings (SSSR count). The van der Waals surface area contributed by atoms with Crippen molar-refractivity contribution in [2.45, 2.75) is 63.1 Å². The number of ether oxygens (including phenoxy) is 2. The van der Waals surface area contributed by atoms with E-state index in [0.29, 0.717) is 52.0 Å². The van der Waals surface area contributed by atoms with Crippen molar-refractivity contribution < 1.29 is 33.8 Å². The first-order valence-corrected chi connectivity index (χ1v) is 13.4. The summed E-state index contributed by atoms with van der Waals surface area (Å²) in [5.74, 6) is -2.49. The molecule has 0 aromatic heterocycles. The molecule has 12 heteroatoms. The number of benzene rings is 1. The zero-order chi connectivity index (χ0) is 27.4. The molecule has 39 heavy (non-hydrogen) atoms. The van der Waals surface area contributed by atoms with Crippen LogP contribution in [0.3, 0.4) is 0 Å². The third kappa shape index (κ3) is 10.1. The second-order valence-corrected chi connectivity index (χ2v) is 10.0. The number of halogens is 1. The fourth-order valence-corrected chi connectivity index (χ4v) is 4.62. The number of hydrogen-bond donors (Lipinski definition) is 4. The average Bonchev–Trinajstić information content (AvgIpc) is 3.40. The van der Waals surface area contributed by atoms with Crippen molar-refractivity contribution in [3.05, 3.63) is 35.9 Å². The van der Waals surface area contributed by atoms with Gasteiger partial charge in [-0.3, -0.25) is 14.4 Å². The summed E-state index contributed by atoms with van der Waals surface area (Å²) in [4.78, 5) is 52.0. The van der Waals surface area contributed by atoms with Gasteiger partial charge in [-0.1, -0.05) is 30.3 Å². The molecule has 0 aliphatic carbocycles. The predicted molar refractivity (Wildman–Crippen MR) is 147 cm³/mol. The number of carboxylic acid groups (broad SMARTS) is 1. The summed E-state index contributed by atoms with van der Waals surface area (Å²) in [6.07, 6.45) is 4.02. The number of aliphatic carboxylic acids is 1. The molecule has 11 nitrogen and oxygen atoms in total. The van der Waals surface area contributed by atoms with Crippen LogP contribution >= 0.6 is 12.4 Å². The molecule has 218 valence electrons. The van der Waals surface area contributed by atoms with Crippen LogP contribution in [0.15, 0.2) is 30.3 Å². The van der Waals surface area contributed by atoms with Gasteiger partial charge in [0.2, 0.25) is 17.7 Å². The van der Waals surface area contributed by atoms with E-state index in [-0.39, 0.29) is 38.1 Å². The summed E-state index contributed by atoms with van der Waals surface area (Å²) in [5, 5.41) is 18.0. The Bertz CT molecular complexity index is 951. The van der Waals surface area contributed by atoms with Gasteiger partial charge in [-0.2, -0.15) is 0 Å². The normalized spacial score (nSPS) is 25.9. The van der Waals surface area contributed by atoms with Crippen molar-refractivity contribution >= 4 is 36.1 Å². The minimum Gasteiger partial charge on any atom is -0.480 e. The first kappa shape index (κ1) is 32.5. The molecular formula is C27H41ClN4O7. The van der Waals surface area contributed by atoms with Gasteiger partial charge in [0.15, 0.2) is 6.04 Å². The zero-order valence-corrected chi connectivity index (χ0v) is 23.3. The Morgan fingerprint density at radius 1 is 1.13 bits per heavy atom. The van der Waals surface area contributed by atoms with Gasteiger partial charge in [0.1, 0.15) is 11.6 Å². The molecule has 1 aromatic rings. The van der Waals surface area contributed by atoms with Crippen molar-refractivity contribution in [1.29, 1.82) is 0 Å². The highest BCUT2D eigenvalue weighted by atomic mass is 35.5. The molecule has 1 aromatic carbocycles. The van der Waals surface area contributed by atoms with Crippen LogP contribution in [0, 0.1) is 0 Å². The van der Waals surface area contributed by atoms with E-state index < -0.39 is 35.4 Å². The predicted octanol–water partition coefficient (Wildman–Crippen LogP) is 0.893. The second-order valence-electron chi connectivity index (χ2n) is 10.0. The van der Waals surface area contributed by atoms with E-state index in [1.165, 1.54) is 10.5 Å². The number of nitrogens with one attached hydrogen (secondary N) is 3. The number of carbonyl (C=O) groups excluding carboxylic acids is 3. The van der Waals surface area contributed by atoms with Crippen LogP contribution in [0.4, 0.5) is 0 Å². The molecule has 0 unspecified atom stereocenters. The molecule has 3 amide bonds. The molecule has 0 spiro atoms. The van der Waals surface area contributed by atoms with Gasteiger partial charge in [-0.05, 0) is 57.6 Å². The lowest BCUT2D eigenvalue weighted by atomic mass is 10.0. The van der Waals surface area contributed by atoms with Crippen molar-refractivity contribution in [2.24, 2.45) is 0 Å². The van der Waals surface area contributed by atoms with Crippen LogP contribution in [-0.2, 0) is 35.1 Å². The van der Waals surface area contributed by atoms with Crippen molar-refractivity contribution in [3.63, 3.8) is 0 Å².